The fraction of sp³-hybridized carbons (Fsp3) is 0.227. The lowest BCUT2D eigenvalue weighted by molar-refractivity contribution is -0.121. The molecular formula is C22H22N4O4. The summed E-state index contributed by atoms with van der Waals surface area (Å²) in [7, 11) is 3.12. The van der Waals surface area contributed by atoms with Crippen molar-refractivity contribution < 1.29 is 14.3 Å². The average Bonchev–Trinajstić information content (AvgIpc) is 3.12. The number of hydrogen-bond donors (Lipinski definition) is 2. The maximum atomic E-state index is 12.8. The Morgan fingerprint density at radius 1 is 1.13 bits per heavy atom. The molecule has 2 aromatic carbocycles. The van der Waals surface area contributed by atoms with E-state index in [1.165, 1.54) is 10.9 Å². The number of aryl methyl sites for hydroxylation is 1. The van der Waals surface area contributed by atoms with Gasteiger partial charge in [-0.05, 0) is 36.8 Å². The molecule has 0 unspecified atom stereocenters. The van der Waals surface area contributed by atoms with Crippen molar-refractivity contribution in [2.24, 2.45) is 0 Å². The van der Waals surface area contributed by atoms with Crippen molar-refractivity contribution in [2.45, 2.75) is 20.0 Å². The molecule has 0 aliphatic rings. The minimum Gasteiger partial charge on any atom is -0.493 e. The van der Waals surface area contributed by atoms with Crippen LogP contribution >= 0.6 is 0 Å². The van der Waals surface area contributed by atoms with Gasteiger partial charge in [0.05, 0.1) is 20.5 Å². The lowest BCUT2D eigenvalue weighted by Gasteiger charge is -2.11. The van der Waals surface area contributed by atoms with E-state index in [0.717, 1.165) is 22.0 Å². The van der Waals surface area contributed by atoms with E-state index in [-0.39, 0.29) is 18.0 Å². The fourth-order valence-corrected chi connectivity index (χ4v) is 3.42. The van der Waals surface area contributed by atoms with Gasteiger partial charge in [0.25, 0.3) is 5.56 Å². The predicted octanol–water partition coefficient (Wildman–Crippen LogP) is 2.52. The number of aromatic nitrogens is 3. The van der Waals surface area contributed by atoms with Crippen LogP contribution in [0.15, 0.2) is 47.5 Å². The first-order chi connectivity index (χ1) is 14.5. The molecule has 8 nitrogen and oxygen atoms in total. The van der Waals surface area contributed by atoms with Gasteiger partial charge in [0.2, 0.25) is 5.91 Å². The van der Waals surface area contributed by atoms with Gasteiger partial charge in [0.15, 0.2) is 11.5 Å². The van der Waals surface area contributed by atoms with Gasteiger partial charge in [0.1, 0.15) is 17.6 Å². The lowest BCUT2D eigenvalue weighted by Crippen LogP contribution is -2.32. The van der Waals surface area contributed by atoms with Crippen LogP contribution in [-0.4, -0.2) is 34.7 Å². The van der Waals surface area contributed by atoms with Crippen LogP contribution in [0.5, 0.6) is 11.5 Å². The topological polar surface area (TPSA) is 98.2 Å². The number of benzene rings is 2. The molecule has 0 saturated heterocycles. The van der Waals surface area contributed by atoms with Crippen LogP contribution in [0, 0.1) is 6.92 Å². The molecular weight excluding hydrogens is 384 g/mol. The molecule has 0 spiro atoms. The van der Waals surface area contributed by atoms with Gasteiger partial charge >= 0.3 is 0 Å². The number of hydrogen-bond acceptors (Lipinski definition) is 5. The van der Waals surface area contributed by atoms with Crippen LogP contribution in [-0.2, 0) is 17.9 Å². The molecule has 154 valence electrons. The van der Waals surface area contributed by atoms with Crippen LogP contribution in [0.2, 0.25) is 0 Å². The Bertz CT molecular complexity index is 1310. The largest absolute Gasteiger partial charge is 0.493 e. The van der Waals surface area contributed by atoms with E-state index in [1.54, 1.807) is 26.4 Å². The summed E-state index contributed by atoms with van der Waals surface area (Å²) in [6.07, 6.45) is 1.41. The molecule has 0 radical (unpaired) electrons. The van der Waals surface area contributed by atoms with Gasteiger partial charge in [-0.1, -0.05) is 17.7 Å². The maximum Gasteiger partial charge on any atom is 0.278 e. The Morgan fingerprint density at radius 2 is 1.93 bits per heavy atom. The van der Waals surface area contributed by atoms with Crippen molar-refractivity contribution in [3.05, 3.63) is 64.2 Å². The zero-order valence-electron chi connectivity index (χ0n) is 17.0. The predicted molar refractivity (Wildman–Crippen MR) is 114 cm³/mol. The first-order valence-electron chi connectivity index (χ1n) is 9.45. The monoisotopic (exact) mass is 406 g/mol. The Balaban J connectivity index is 1.51. The van der Waals surface area contributed by atoms with Crippen LogP contribution < -0.4 is 20.3 Å². The van der Waals surface area contributed by atoms with Crippen LogP contribution in [0.1, 0.15) is 11.1 Å². The highest BCUT2D eigenvalue weighted by atomic mass is 16.5. The highest BCUT2D eigenvalue weighted by molar-refractivity contribution is 6.04. The quantitative estimate of drug-likeness (QED) is 0.513. The highest BCUT2D eigenvalue weighted by Crippen LogP contribution is 2.27. The summed E-state index contributed by atoms with van der Waals surface area (Å²) in [5.74, 6) is 0.913. The van der Waals surface area contributed by atoms with Crippen LogP contribution in [0.4, 0.5) is 0 Å². The average molecular weight is 406 g/mol. The van der Waals surface area contributed by atoms with E-state index in [0.29, 0.717) is 29.1 Å². The Morgan fingerprint density at radius 3 is 2.70 bits per heavy atom. The summed E-state index contributed by atoms with van der Waals surface area (Å²) < 4.78 is 11.8. The van der Waals surface area contributed by atoms with Crippen molar-refractivity contribution in [1.29, 1.82) is 0 Å². The van der Waals surface area contributed by atoms with Crippen molar-refractivity contribution in [3.8, 4) is 11.5 Å². The Kier molecular flexibility index (Phi) is 5.14. The minimum atomic E-state index is -0.292. The number of carbonyl (C=O) groups is 1. The van der Waals surface area contributed by atoms with Gasteiger partial charge in [-0.15, -0.1) is 0 Å². The van der Waals surface area contributed by atoms with Gasteiger partial charge < -0.3 is 19.8 Å². The molecule has 0 aliphatic carbocycles. The second-order valence-corrected chi connectivity index (χ2v) is 7.04. The van der Waals surface area contributed by atoms with Gasteiger partial charge in [-0.3, -0.25) is 14.2 Å². The number of rotatable bonds is 6. The van der Waals surface area contributed by atoms with Crippen molar-refractivity contribution in [2.75, 3.05) is 14.2 Å². The first-order valence-corrected chi connectivity index (χ1v) is 9.45. The second-order valence-electron chi connectivity index (χ2n) is 7.04. The third-order valence-corrected chi connectivity index (χ3v) is 4.98. The molecule has 0 saturated carbocycles. The molecule has 0 aliphatic heterocycles. The summed E-state index contributed by atoms with van der Waals surface area (Å²) in [4.78, 5) is 32.8. The molecule has 1 amide bonds. The summed E-state index contributed by atoms with van der Waals surface area (Å²) in [6.45, 7) is 2.17. The van der Waals surface area contributed by atoms with Crippen molar-refractivity contribution >= 4 is 27.8 Å². The Hall–Kier alpha value is -3.81. The van der Waals surface area contributed by atoms with Crippen LogP contribution in [0.3, 0.4) is 0 Å². The van der Waals surface area contributed by atoms with E-state index >= 15 is 0 Å². The smallest absolute Gasteiger partial charge is 0.278 e. The summed E-state index contributed by atoms with van der Waals surface area (Å²) in [5.41, 5.74) is 3.51. The minimum absolute atomic E-state index is 0.122. The Labute approximate surface area is 172 Å². The zero-order valence-corrected chi connectivity index (χ0v) is 17.0. The van der Waals surface area contributed by atoms with E-state index in [9.17, 15) is 9.59 Å². The molecule has 2 N–H and O–H groups in total. The van der Waals surface area contributed by atoms with Crippen LogP contribution in [0.25, 0.3) is 21.9 Å². The number of nitrogens with zero attached hydrogens (tertiary/aromatic N) is 2. The summed E-state index contributed by atoms with van der Waals surface area (Å²) >= 11 is 0. The van der Waals surface area contributed by atoms with E-state index < -0.39 is 0 Å². The standard InChI is InChI=1S/C22H22N4O4/c1-13-4-6-16-15(8-13)20-21(25-16)22(28)26(12-24-20)11-19(27)23-10-14-5-7-17(29-2)18(9-14)30-3/h4-9,12,25H,10-11H2,1-3H3,(H,23,27). The number of nitrogens with one attached hydrogen (secondary N) is 2. The molecule has 2 heterocycles. The number of aromatic amines is 1. The number of ether oxygens (including phenoxy) is 2. The van der Waals surface area contributed by atoms with E-state index in [4.69, 9.17) is 9.47 Å². The van der Waals surface area contributed by atoms with Crippen molar-refractivity contribution in [3.63, 3.8) is 0 Å². The first kappa shape index (κ1) is 19.5. The van der Waals surface area contributed by atoms with E-state index in [1.807, 2.05) is 31.2 Å². The number of carbonyl (C=O) groups excluding carboxylic acids is 1. The van der Waals surface area contributed by atoms with Gasteiger partial charge in [0, 0.05) is 17.4 Å². The molecule has 4 aromatic rings. The molecule has 0 bridgehead atoms. The normalized spacial score (nSPS) is 11.0. The lowest BCUT2D eigenvalue weighted by atomic mass is 10.2. The molecule has 0 fully saturated rings. The summed E-state index contributed by atoms with van der Waals surface area (Å²) in [6, 6.07) is 11.3. The zero-order chi connectivity index (χ0) is 21.3. The second kappa shape index (κ2) is 7.90. The molecule has 4 rings (SSSR count). The maximum absolute atomic E-state index is 12.8. The fourth-order valence-electron chi connectivity index (χ4n) is 3.42. The van der Waals surface area contributed by atoms with Crippen molar-refractivity contribution in [1.82, 2.24) is 19.9 Å². The van der Waals surface area contributed by atoms with Gasteiger partial charge in [-0.25, -0.2) is 4.98 Å². The summed E-state index contributed by atoms with van der Waals surface area (Å²) in [5, 5.41) is 3.71. The molecule has 0 atom stereocenters. The number of amides is 1. The third kappa shape index (κ3) is 3.59. The van der Waals surface area contributed by atoms with Gasteiger partial charge in [-0.2, -0.15) is 0 Å². The third-order valence-electron chi connectivity index (χ3n) is 4.98. The number of H-pyrrole nitrogens is 1. The number of methoxy groups -OCH3 is 2. The SMILES string of the molecule is COc1ccc(CNC(=O)Cn2cnc3c([nH]c4ccc(C)cc43)c2=O)cc1OC. The molecule has 2 aromatic heterocycles. The highest BCUT2D eigenvalue weighted by Gasteiger charge is 2.13. The van der Waals surface area contributed by atoms with E-state index in [2.05, 4.69) is 15.3 Å². The number of fused-ring (bicyclic) bond motifs is 3. The molecule has 30 heavy (non-hydrogen) atoms. The molecule has 8 heteroatoms.